The number of pyridine rings is 1. The van der Waals surface area contributed by atoms with E-state index in [1.165, 1.54) is 16.7 Å². The highest BCUT2D eigenvalue weighted by Crippen LogP contribution is 2.27. The third-order valence-corrected chi connectivity index (χ3v) is 3.53. The van der Waals surface area contributed by atoms with Gasteiger partial charge < -0.3 is 9.73 Å². The van der Waals surface area contributed by atoms with E-state index in [2.05, 4.69) is 47.3 Å². The van der Waals surface area contributed by atoms with Gasteiger partial charge in [-0.3, -0.25) is 0 Å². The second-order valence-electron chi connectivity index (χ2n) is 4.93. The van der Waals surface area contributed by atoms with Crippen molar-refractivity contribution >= 4 is 11.2 Å². The molecule has 0 aliphatic carbocycles. The SMILES string of the molecule is CNCc1nc2ncc(-c3cccc(C)c3C)cc2o1. The summed E-state index contributed by atoms with van der Waals surface area (Å²) in [6.07, 6.45) is 1.86. The first-order valence-electron chi connectivity index (χ1n) is 6.65. The van der Waals surface area contributed by atoms with E-state index in [4.69, 9.17) is 4.42 Å². The molecule has 2 heterocycles. The summed E-state index contributed by atoms with van der Waals surface area (Å²) in [5.41, 5.74) is 6.18. The largest absolute Gasteiger partial charge is 0.438 e. The second-order valence-corrected chi connectivity index (χ2v) is 4.93. The maximum absolute atomic E-state index is 5.70. The molecule has 0 radical (unpaired) electrons. The van der Waals surface area contributed by atoms with Crippen molar-refractivity contribution in [2.24, 2.45) is 0 Å². The van der Waals surface area contributed by atoms with Gasteiger partial charge in [-0.2, -0.15) is 4.98 Å². The molecule has 4 nitrogen and oxygen atoms in total. The van der Waals surface area contributed by atoms with E-state index in [9.17, 15) is 0 Å². The normalized spacial score (nSPS) is 11.2. The standard InChI is InChI=1S/C16H17N3O/c1-10-5-4-6-13(11(10)2)12-7-14-16(18-8-12)19-15(20-14)9-17-3/h4-8,17H,9H2,1-3H3. The van der Waals surface area contributed by atoms with Crippen LogP contribution in [0.15, 0.2) is 34.9 Å². The Hall–Kier alpha value is -2.20. The number of benzene rings is 1. The number of hydrogen-bond donors (Lipinski definition) is 1. The zero-order chi connectivity index (χ0) is 14.1. The topological polar surface area (TPSA) is 51.0 Å². The van der Waals surface area contributed by atoms with Crippen LogP contribution in [0, 0.1) is 13.8 Å². The molecule has 1 aromatic carbocycles. The van der Waals surface area contributed by atoms with E-state index in [0.717, 1.165) is 11.1 Å². The van der Waals surface area contributed by atoms with Crippen LogP contribution in [0.5, 0.6) is 0 Å². The molecule has 0 saturated carbocycles. The van der Waals surface area contributed by atoms with Crippen molar-refractivity contribution in [3.8, 4) is 11.1 Å². The fraction of sp³-hybridized carbons (Fsp3) is 0.250. The van der Waals surface area contributed by atoms with Crippen LogP contribution in [0.2, 0.25) is 0 Å². The summed E-state index contributed by atoms with van der Waals surface area (Å²) in [5.74, 6) is 0.660. The van der Waals surface area contributed by atoms with Crippen molar-refractivity contribution in [2.75, 3.05) is 7.05 Å². The Bertz CT molecular complexity index is 762. The monoisotopic (exact) mass is 267 g/mol. The molecule has 0 atom stereocenters. The number of rotatable bonds is 3. The molecule has 0 saturated heterocycles. The maximum Gasteiger partial charge on any atom is 0.211 e. The predicted molar refractivity (Wildman–Crippen MR) is 79.5 cm³/mol. The number of aryl methyl sites for hydroxylation is 1. The van der Waals surface area contributed by atoms with Gasteiger partial charge in [0.2, 0.25) is 5.89 Å². The van der Waals surface area contributed by atoms with Crippen molar-refractivity contribution < 1.29 is 4.42 Å². The predicted octanol–water partition coefficient (Wildman–Crippen LogP) is 3.23. The molecule has 0 bridgehead atoms. The van der Waals surface area contributed by atoms with Gasteiger partial charge >= 0.3 is 0 Å². The molecule has 0 unspecified atom stereocenters. The first-order valence-corrected chi connectivity index (χ1v) is 6.65. The Morgan fingerprint density at radius 2 is 2.10 bits per heavy atom. The highest BCUT2D eigenvalue weighted by atomic mass is 16.3. The number of hydrogen-bond acceptors (Lipinski definition) is 4. The molecule has 102 valence electrons. The molecule has 20 heavy (non-hydrogen) atoms. The first-order chi connectivity index (χ1) is 9.69. The molecular weight excluding hydrogens is 250 g/mol. The van der Waals surface area contributed by atoms with E-state index < -0.39 is 0 Å². The summed E-state index contributed by atoms with van der Waals surface area (Å²) in [6.45, 7) is 4.85. The molecule has 4 heteroatoms. The van der Waals surface area contributed by atoms with Gasteiger partial charge in [-0.1, -0.05) is 18.2 Å². The van der Waals surface area contributed by atoms with Gasteiger partial charge in [0.15, 0.2) is 11.2 Å². The van der Waals surface area contributed by atoms with E-state index in [1.54, 1.807) is 0 Å². The van der Waals surface area contributed by atoms with Crippen molar-refractivity contribution in [3.05, 3.63) is 47.5 Å². The molecule has 0 aliphatic rings. The zero-order valence-corrected chi connectivity index (χ0v) is 11.9. The lowest BCUT2D eigenvalue weighted by molar-refractivity contribution is 0.511. The van der Waals surface area contributed by atoms with Gasteiger partial charge in [0.05, 0.1) is 6.54 Å². The molecule has 1 N–H and O–H groups in total. The van der Waals surface area contributed by atoms with Gasteiger partial charge in [-0.25, -0.2) is 4.98 Å². The average molecular weight is 267 g/mol. The molecule has 2 aromatic heterocycles. The van der Waals surface area contributed by atoms with E-state index in [0.29, 0.717) is 18.1 Å². The maximum atomic E-state index is 5.70. The minimum absolute atomic E-state index is 0.606. The summed E-state index contributed by atoms with van der Waals surface area (Å²) in [4.78, 5) is 8.74. The third kappa shape index (κ3) is 2.18. The molecular formula is C16H17N3O. The summed E-state index contributed by atoms with van der Waals surface area (Å²) in [5, 5.41) is 3.02. The van der Waals surface area contributed by atoms with E-state index in [1.807, 2.05) is 19.3 Å². The van der Waals surface area contributed by atoms with Gasteiger partial charge in [-0.05, 0) is 43.7 Å². The van der Waals surface area contributed by atoms with Crippen molar-refractivity contribution in [3.63, 3.8) is 0 Å². The number of fused-ring (bicyclic) bond motifs is 1. The summed E-state index contributed by atoms with van der Waals surface area (Å²) >= 11 is 0. The minimum Gasteiger partial charge on any atom is -0.438 e. The van der Waals surface area contributed by atoms with E-state index in [-0.39, 0.29) is 0 Å². The average Bonchev–Trinajstić information content (AvgIpc) is 2.83. The zero-order valence-electron chi connectivity index (χ0n) is 11.9. The smallest absolute Gasteiger partial charge is 0.211 e. The van der Waals surface area contributed by atoms with Gasteiger partial charge in [0.25, 0.3) is 0 Å². The van der Waals surface area contributed by atoms with Crippen LogP contribution in [0.3, 0.4) is 0 Å². The lowest BCUT2D eigenvalue weighted by Gasteiger charge is -2.07. The van der Waals surface area contributed by atoms with Crippen molar-refractivity contribution in [2.45, 2.75) is 20.4 Å². The Balaban J connectivity index is 2.10. The van der Waals surface area contributed by atoms with Crippen LogP contribution in [0.1, 0.15) is 17.0 Å². The fourth-order valence-electron chi connectivity index (χ4n) is 2.30. The molecule has 3 aromatic rings. The van der Waals surface area contributed by atoms with Gasteiger partial charge in [-0.15, -0.1) is 0 Å². The molecule has 0 fully saturated rings. The summed E-state index contributed by atoms with van der Waals surface area (Å²) in [7, 11) is 1.86. The second kappa shape index (κ2) is 5.06. The quantitative estimate of drug-likeness (QED) is 0.791. The molecule has 0 aliphatic heterocycles. The Labute approximate surface area is 117 Å². The fourth-order valence-corrected chi connectivity index (χ4v) is 2.30. The highest BCUT2D eigenvalue weighted by molar-refractivity contribution is 5.77. The number of aromatic nitrogens is 2. The van der Waals surface area contributed by atoms with Gasteiger partial charge in [0.1, 0.15) is 0 Å². The van der Waals surface area contributed by atoms with Crippen LogP contribution in [0.25, 0.3) is 22.4 Å². The summed E-state index contributed by atoms with van der Waals surface area (Å²) < 4.78 is 5.70. The lowest BCUT2D eigenvalue weighted by Crippen LogP contribution is -2.04. The van der Waals surface area contributed by atoms with E-state index >= 15 is 0 Å². The Kier molecular flexibility index (Phi) is 3.24. The number of nitrogens with zero attached hydrogens (tertiary/aromatic N) is 2. The van der Waals surface area contributed by atoms with Crippen molar-refractivity contribution in [1.82, 2.24) is 15.3 Å². The molecule has 0 spiro atoms. The highest BCUT2D eigenvalue weighted by Gasteiger charge is 2.10. The summed E-state index contributed by atoms with van der Waals surface area (Å²) in [6, 6.07) is 8.30. The van der Waals surface area contributed by atoms with Crippen LogP contribution in [-0.4, -0.2) is 17.0 Å². The molecule has 0 amide bonds. The third-order valence-electron chi connectivity index (χ3n) is 3.53. The number of nitrogens with one attached hydrogen (secondary N) is 1. The first kappa shape index (κ1) is 12.8. The number of oxazole rings is 1. The van der Waals surface area contributed by atoms with Crippen LogP contribution in [0.4, 0.5) is 0 Å². The minimum atomic E-state index is 0.606. The van der Waals surface area contributed by atoms with Crippen LogP contribution in [-0.2, 0) is 6.54 Å². The van der Waals surface area contributed by atoms with Crippen molar-refractivity contribution in [1.29, 1.82) is 0 Å². The van der Waals surface area contributed by atoms with Crippen LogP contribution < -0.4 is 5.32 Å². The van der Waals surface area contributed by atoms with Gasteiger partial charge in [0, 0.05) is 11.8 Å². The lowest BCUT2D eigenvalue weighted by atomic mass is 9.98. The Morgan fingerprint density at radius 1 is 1.25 bits per heavy atom. The Morgan fingerprint density at radius 3 is 2.90 bits per heavy atom. The molecule has 3 rings (SSSR count). The van der Waals surface area contributed by atoms with Crippen LogP contribution >= 0.6 is 0 Å².